The summed E-state index contributed by atoms with van der Waals surface area (Å²) in [4.78, 5) is 10.6. The van der Waals surface area contributed by atoms with E-state index in [2.05, 4.69) is 19.2 Å². The molecule has 1 aromatic carbocycles. The Balaban J connectivity index is 2.28. The van der Waals surface area contributed by atoms with Gasteiger partial charge in [0.1, 0.15) is 5.75 Å². The zero-order chi connectivity index (χ0) is 14.8. The first-order valence-corrected chi connectivity index (χ1v) is 7.35. The second-order valence-corrected chi connectivity index (χ2v) is 5.18. The van der Waals surface area contributed by atoms with Crippen molar-refractivity contribution in [3.63, 3.8) is 0 Å². The number of rotatable bonds is 10. The van der Waals surface area contributed by atoms with Crippen LogP contribution in [0.25, 0.3) is 0 Å². The molecule has 1 amide bonds. The molecule has 1 aromatic rings. The second kappa shape index (κ2) is 9.37. The summed E-state index contributed by atoms with van der Waals surface area (Å²) in [6.45, 7) is 5.22. The third-order valence-corrected chi connectivity index (χ3v) is 3.20. The first-order valence-electron chi connectivity index (χ1n) is 7.35. The molecular formula is C16H26N2O2. The number of carbonyl (C=O) groups excluding carboxylic acids is 1. The van der Waals surface area contributed by atoms with Crippen LogP contribution < -0.4 is 15.8 Å². The van der Waals surface area contributed by atoms with Crippen LogP contribution in [0.5, 0.6) is 5.75 Å². The average molecular weight is 278 g/mol. The summed E-state index contributed by atoms with van der Waals surface area (Å²) in [5, 5.41) is 3.51. The number of benzene rings is 1. The topological polar surface area (TPSA) is 64.3 Å². The maximum Gasteiger partial charge on any atom is 0.255 e. The van der Waals surface area contributed by atoms with E-state index in [1.165, 1.54) is 31.2 Å². The lowest BCUT2D eigenvalue weighted by molar-refractivity contribution is -0.119. The molecule has 0 aliphatic heterocycles. The maximum absolute atomic E-state index is 10.6. The van der Waals surface area contributed by atoms with Gasteiger partial charge >= 0.3 is 0 Å². The van der Waals surface area contributed by atoms with Crippen molar-refractivity contribution in [3.05, 3.63) is 29.8 Å². The molecule has 112 valence electrons. The van der Waals surface area contributed by atoms with Gasteiger partial charge in [-0.1, -0.05) is 38.3 Å². The van der Waals surface area contributed by atoms with Crippen LogP contribution in [0.4, 0.5) is 0 Å². The maximum atomic E-state index is 10.6. The molecule has 0 saturated carbocycles. The van der Waals surface area contributed by atoms with Gasteiger partial charge in [-0.3, -0.25) is 4.79 Å². The molecule has 0 heterocycles. The summed E-state index contributed by atoms with van der Waals surface area (Å²) in [5.74, 6) is 0.209. The molecule has 0 aliphatic rings. The quantitative estimate of drug-likeness (QED) is 0.647. The number of carbonyl (C=O) groups is 1. The Morgan fingerprint density at radius 2 is 2.00 bits per heavy atom. The number of nitrogens with two attached hydrogens (primary N) is 1. The number of hydrogen-bond acceptors (Lipinski definition) is 3. The van der Waals surface area contributed by atoms with Crippen molar-refractivity contribution in [2.45, 2.75) is 52.1 Å². The molecular weight excluding hydrogens is 252 g/mol. The van der Waals surface area contributed by atoms with E-state index in [1.807, 2.05) is 24.3 Å². The zero-order valence-corrected chi connectivity index (χ0v) is 12.5. The first-order chi connectivity index (χ1) is 9.61. The van der Waals surface area contributed by atoms with Gasteiger partial charge in [-0.25, -0.2) is 0 Å². The lowest BCUT2D eigenvalue weighted by Gasteiger charge is -2.13. The lowest BCUT2D eigenvalue weighted by Crippen LogP contribution is -2.25. The van der Waals surface area contributed by atoms with Gasteiger partial charge in [0.05, 0.1) is 0 Å². The molecule has 0 aromatic heterocycles. The van der Waals surface area contributed by atoms with Gasteiger partial charge in [-0.15, -0.1) is 0 Å². The van der Waals surface area contributed by atoms with Crippen LogP contribution in [-0.4, -0.2) is 18.6 Å². The van der Waals surface area contributed by atoms with Gasteiger partial charge in [-0.2, -0.15) is 0 Å². The summed E-state index contributed by atoms with van der Waals surface area (Å²) in [6, 6.07) is 8.26. The van der Waals surface area contributed by atoms with Crippen LogP contribution in [0, 0.1) is 0 Å². The van der Waals surface area contributed by atoms with E-state index < -0.39 is 5.91 Å². The van der Waals surface area contributed by atoms with E-state index in [0.717, 1.165) is 6.54 Å². The van der Waals surface area contributed by atoms with E-state index in [-0.39, 0.29) is 6.61 Å². The minimum atomic E-state index is -0.461. The average Bonchev–Trinajstić information content (AvgIpc) is 2.44. The van der Waals surface area contributed by atoms with Crippen LogP contribution in [0.1, 0.15) is 45.1 Å². The van der Waals surface area contributed by atoms with Gasteiger partial charge in [0, 0.05) is 12.6 Å². The highest BCUT2D eigenvalue weighted by Gasteiger charge is 2.02. The van der Waals surface area contributed by atoms with Gasteiger partial charge < -0.3 is 15.8 Å². The third-order valence-electron chi connectivity index (χ3n) is 3.20. The molecule has 0 bridgehead atoms. The normalized spacial score (nSPS) is 12.1. The minimum absolute atomic E-state index is 0.0773. The van der Waals surface area contributed by atoms with Gasteiger partial charge in [0.25, 0.3) is 5.91 Å². The van der Waals surface area contributed by atoms with Gasteiger partial charge in [-0.05, 0) is 31.0 Å². The summed E-state index contributed by atoms with van der Waals surface area (Å²) >= 11 is 0. The Morgan fingerprint density at radius 3 is 2.60 bits per heavy atom. The number of primary amides is 1. The summed E-state index contributed by atoms with van der Waals surface area (Å²) in [6.07, 6.45) is 5.07. The highest BCUT2D eigenvalue weighted by molar-refractivity contribution is 5.75. The van der Waals surface area contributed by atoms with E-state index >= 15 is 0 Å². The van der Waals surface area contributed by atoms with E-state index in [1.54, 1.807) is 0 Å². The lowest BCUT2D eigenvalue weighted by atomic mass is 10.1. The predicted molar refractivity (Wildman–Crippen MR) is 81.6 cm³/mol. The zero-order valence-electron chi connectivity index (χ0n) is 12.5. The largest absolute Gasteiger partial charge is 0.484 e. The van der Waals surface area contributed by atoms with Crippen molar-refractivity contribution in [2.24, 2.45) is 5.73 Å². The smallest absolute Gasteiger partial charge is 0.255 e. The minimum Gasteiger partial charge on any atom is -0.484 e. The third kappa shape index (κ3) is 7.14. The molecule has 1 rings (SSSR count). The van der Waals surface area contributed by atoms with Crippen molar-refractivity contribution in [3.8, 4) is 5.75 Å². The van der Waals surface area contributed by atoms with Crippen molar-refractivity contribution in [1.82, 2.24) is 5.32 Å². The molecule has 0 fully saturated rings. The van der Waals surface area contributed by atoms with Crippen LogP contribution in [-0.2, 0) is 11.3 Å². The van der Waals surface area contributed by atoms with Gasteiger partial charge in [0.15, 0.2) is 6.61 Å². The standard InChI is InChI=1S/C16H26N2O2/c1-3-4-5-6-13(2)18-11-14-7-9-15(10-8-14)20-12-16(17)19/h7-10,13,18H,3-6,11-12H2,1-2H3,(H2,17,19). The summed E-state index contributed by atoms with van der Waals surface area (Å²) in [7, 11) is 0. The highest BCUT2D eigenvalue weighted by atomic mass is 16.5. The van der Waals surface area contributed by atoms with E-state index in [0.29, 0.717) is 11.8 Å². The Morgan fingerprint density at radius 1 is 1.30 bits per heavy atom. The second-order valence-electron chi connectivity index (χ2n) is 5.18. The molecule has 0 radical (unpaired) electrons. The Hall–Kier alpha value is -1.55. The predicted octanol–water partition coefficient (Wildman–Crippen LogP) is 2.61. The molecule has 0 aliphatic carbocycles. The monoisotopic (exact) mass is 278 g/mol. The van der Waals surface area contributed by atoms with Gasteiger partial charge in [0.2, 0.25) is 0 Å². The molecule has 20 heavy (non-hydrogen) atoms. The highest BCUT2D eigenvalue weighted by Crippen LogP contribution is 2.12. The van der Waals surface area contributed by atoms with Crippen LogP contribution >= 0.6 is 0 Å². The molecule has 0 spiro atoms. The number of unbranched alkanes of at least 4 members (excludes halogenated alkanes) is 2. The fourth-order valence-electron chi connectivity index (χ4n) is 1.95. The van der Waals surface area contributed by atoms with Crippen molar-refractivity contribution < 1.29 is 9.53 Å². The molecule has 1 unspecified atom stereocenters. The Bertz CT molecular complexity index is 390. The Kier molecular flexibility index (Phi) is 7.73. The number of hydrogen-bond donors (Lipinski definition) is 2. The molecule has 1 atom stereocenters. The Labute approximate surface area is 121 Å². The molecule has 3 N–H and O–H groups in total. The molecule has 0 saturated heterocycles. The summed E-state index contributed by atoms with van der Waals surface area (Å²) in [5.41, 5.74) is 6.23. The number of amides is 1. The van der Waals surface area contributed by atoms with Crippen molar-refractivity contribution >= 4 is 5.91 Å². The first kappa shape index (κ1) is 16.5. The van der Waals surface area contributed by atoms with E-state index in [4.69, 9.17) is 10.5 Å². The van der Waals surface area contributed by atoms with Crippen LogP contribution in [0.15, 0.2) is 24.3 Å². The molecule has 4 heteroatoms. The van der Waals surface area contributed by atoms with Crippen LogP contribution in [0.2, 0.25) is 0 Å². The SMILES string of the molecule is CCCCCC(C)NCc1ccc(OCC(N)=O)cc1. The molecule has 4 nitrogen and oxygen atoms in total. The van der Waals surface area contributed by atoms with Crippen molar-refractivity contribution in [1.29, 1.82) is 0 Å². The fourth-order valence-corrected chi connectivity index (χ4v) is 1.95. The summed E-state index contributed by atoms with van der Waals surface area (Å²) < 4.78 is 5.22. The van der Waals surface area contributed by atoms with Crippen LogP contribution in [0.3, 0.4) is 0 Å². The van der Waals surface area contributed by atoms with E-state index in [9.17, 15) is 4.79 Å². The number of nitrogens with one attached hydrogen (secondary N) is 1. The fraction of sp³-hybridized carbons (Fsp3) is 0.562. The number of ether oxygens (including phenoxy) is 1. The van der Waals surface area contributed by atoms with Crippen molar-refractivity contribution in [2.75, 3.05) is 6.61 Å².